The van der Waals surface area contributed by atoms with Crippen LogP contribution in [0.15, 0.2) is 46.7 Å². The average molecular weight is 459 g/mol. The molecule has 0 aliphatic carbocycles. The third-order valence-electron chi connectivity index (χ3n) is 5.36. The first kappa shape index (κ1) is 21.2. The zero-order valence-electron chi connectivity index (χ0n) is 17.1. The van der Waals surface area contributed by atoms with Crippen molar-refractivity contribution in [3.05, 3.63) is 58.7 Å². The molecule has 5 nitrogen and oxygen atoms in total. The van der Waals surface area contributed by atoms with Crippen LogP contribution in [-0.2, 0) is 4.79 Å². The fourth-order valence-corrected chi connectivity index (χ4v) is 5.17. The van der Waals surface area contributed by atoms with Gasteiger partial charge in [-0.05, 0) is 55.6 Å². The Labute approximate surface area is 190 Å². The number of anilines is 2. The van der Waals surface area contributed by atoms with E-state index >= 15 is 0 Å². The summed E-state index contributed by atoms with van der Waals surface area (Å²) in [7, 11) is 1.79. The Morgan fingerprint density at radius 3 is 2.57 bits per heavy atom. The lowest BCUT2D eigenvalue weighted by Crippen LogP contribution is -2.54. The summed E-state index contributed by atoms with van der Waals surface area (Å²) in [6, 6.07) is 14.4. The molecule has 0 saturated carbocycles. The van der Waals surface area contributed by atoms with Crippen LogP contribution in [0.25, 0.3) is 11.1 Å². The van der Waals surface area contributed by atoms with E-state index in [0.29, 0.717) is 18.2 Å². The Hall–Kier alpha value is -2.06. The number of hydrogen-bond donors (Lipinski definition) is 1. The molecule has 3 aromatic rings. The molecule has 8 heteroatoms. The molecule has 2 aromatic carbocycles. The molecule has 1 aliphatic heterocycles. The van der Waals surface area contributed by atoms with Gasteiger partial charge in [0.2, 0.25) is 5.91 Å². The van der Waals surface area contributed by atoms with Crippen molar-refractivity contribution >= 4 is 51.6 Å². The van der Waals surface area contributed by atoms with Crippen LogP contribution < -0.4 is 14.9 Å². The van der Waals surface area contributed by atoms with E-state index in [1.165, 1.54) is 28.8 Å². The molecule has 2 heterocycles. The van der Waals surface area contributed by atoms with E-state index in [0.717, 1.165) is 31.7 Å². The second-order valence-corrected chi connectivity index (χ2v) is 9.80. The fraction of sp³-hybridized carbons (Fsp3) is 0.273. The molecule has 0 unspecified atom stereocenters. The quantitative estimate of drug-likeness (QED) is 0.536. The number of aryl methyl sites for hydroxylation is 2. The summed E-state index contributed by atoms with van der Waals surface area (Å²) in [6.45, 7) is 5.38. The van der Waals surface area contributed by atoms with E-state index in [1.807, 2.05) is 19.1 Å². The number of thiazole rings is 1. The molecule has 1 fully saturated rings. The maximum Gasteiger partial charge on any atom is 0.235 e. The minimum Gasteiger partial charge on any atom is -0.370 e. The topological polar surface area (TPSA) is 62.5 Å². The van der Waals surface area contributed by atoms with Crippen molar-refractivity contribution in [3.8, 4) is 11.1 Å². The van der Waals surface area contributed by atoms with Crippen LogP contribution in [0, 0.1) is 19.8 Å². The largest absolute Gasteiger partial charge is 0.370 e. The smallest absolute Gasteiger partial charge is 0.235 e. The summed E-state index contributed by atoms with van der Waals surface area (Å²) in [5.41, 5.74) is 5.29. The maximum atomic E-state index is 12.8. The van der Waals surface area contributed by atoms with Gasteiger partial charge in [-0.1, -0.05) is 46.7 Å². The van der Waals surface area contributed by atoms with Gasteiger partial charge in [0.25, 0.3) is 0 Å². The first-order valence-electron chi connectivity index (χ1n) is 9.60. The highest BCUT2D eigenvalue weighted by atomic mass is 35.5. The number of rotatable bonds is 5. The summed E-state index contributed by atoms with van der Waals surface area (Å²) < 4.78 is 0.939. The molecular weight excluding hydrogens is 436 g/mol. The summed E-state index contributed by atoms with van der Waals surface area (Å²) >= 11 is 8.99. The van der Waals surface area contributed by atoms with E-state index in [4.69, 9.17) is 16.7 Å². The van der Waals surface area contributed by atoms with Crippen LogP contribution >= 0.6 is 34.9 Å². The number of hydrogen-bond acceptors (Lipinski definition) is 6. The van der Waals surface area contributed by atoms with Gasteiger partial charge in [0.1, 0.15) is 0 Å². The Morgan fingerprint density at radius 1 is 1.23 bits per heavy atom. The summed E-state index contributed by atoms with van der Waals surface area (Å²) in [5.74, 6) is 0.0656. The minimum atomic E-state index is -0.0286. The first-order valence-corrected chi connectivity index (χ1v) is 11.7. The van der Waals surface area contributed by atoms with Gasteiger partial charge < -0.3 is 4.90 Å². The number of halogens is 1. The number of amides is 1. The third kappa shape index (κ3) is 4.07. The zero-order chi connectivity index (χ0) is 21.4. The highest BCUT2D eigenvalue weighted by Crippen LogP contribution is 2.34. The molecule has 1 aliphatic rings. The van der Waals surface area contributed by atoms with Crippen molar-refractivity contribution in [1.29, 1.82) is 0 Å². The van der Waals surface area contributed by atoms with Crippen molar-refractivity contribution in [1.82, 2.24) is 4.98 Å². The monoisotopic (exact) mass is 458 g/mol. The second kappa shape index (κ2) is 8.59. The second-order valence-electron chi connectivity index (χ2n) is 7.52. The molecule has 4 rings (SSSR count). The van der Waals surface area contributed by atoms with Crippen LogP contribution in [0.2, 0.25) is 5.02 Å². The average Bonchev–Trinajstić information content (AvgIpc) is 3.09. The van der Waals surface area contributed by atoms with Gasteiger partial charge in [0.15, 0.2) is 5.13 Å². The molecule has 0 radical (unpaired) electrons. The van der Waals surface area contributed by atoms with Crippen molar-refractivity contribution in [2.75, 3.05) is 29.9 Å². The lowest BCUT2D eigenvalue weighted by atomic mass is 9.97. The van der Waals surface area contributed by atoms with Crippen LogP contribution in [0.4, 0.5) is 10.8 Å². The highest BCUT2D eigenvalue weighted by molar-refractivity contribution is 7.99. The van der Waals surface area contributed by atoms with E-state index in [-0.39, 0.29) is 11.8 Å². The SMILES string of the molecule is Cc1ccc(Cl)c(-c2ccc(N3CC(C(=O)N(C)c4nc(C)c(SN)s4)C3)cc2)c1. The predicted octanol–water partition coefficient (Wildman–Crippen LogP) is 5.15. The van der Waals surface area contributed by atoms with E-state index < -0.39 is 0 Å². The molecule has 2 N–H and O–H groups in total. The third-order valence-corrected chi connectivity index (χ3v) is 7.77. The van der Waals surface area contributed by atoms with Crippen molar-refractivity contribution < 1.29 is 4.79 Å². The molecule has 1 saturated heterocycles. The van der Waals surface area contributed by atoms with Gasteiger partial charge in [0, 0.05) is 36.4 Å². The predicted molar refractivity (Wildman–Crippen MR) is 128 cm³/mol. The maximum absolute atomic E-state index is 12.8. The van der Waals surface area contributed by atoms with Crippen molar-refractivity contribution in [2.45, 2.75) is 18.1 Å². The lowest BCUT2D eigenvalue weighted by molar-refractivity contribution is -0.122. The van der Waals surface area contributed by atoms with Crippen LogP contribution in [0.5, 0.6) is 0 Å². The molecule has 0 atom stereocenters. The number of nitrogens with zero attached hydrogens (tertiary/aromatic N) is 3. The Kier molecular flexibility index (Phi) is 6.06. The van der Waals surface area contributed by atoms with Gasteiger partial charge in [-0.3, -0.25) is 14.8 Å². The highest BCUT2D eigenvalue weighted by Gasteiger charge is 2.35. The van der Waals surface area contributed by atoms with Crippen molar-refractivity contribution in [2.24, 2.45) is 11.1 Å². The van der Waals surface area contributed by atoms with Gasteiger partial charge in [-0.2, -0.15) is 0 Å². The minimum absolute atomic E-state index is 0.0286. The number of carbonyl (C=O) groups is 1. The van der Waals surface area contributed by atoms with Crippen LogP contribution in [0.1, 0.15) is 11.3 Å². The van der Waals surface area contributed by atoms with E-state index in [9.17, 15) is 4.79 Å². The van der Waals surface area contributed by atoms with Gasteiger partial charge in [0.05, 0.1) is 15.8 Å². The number of aromatic nitrogens is 1. The number of carbonyl (C=O) groups excluding carboxylic acids is 1. The Balaban J connectivity index is 1.40. The van der Waals surface area contributed by atoms with Crippen LogP contribution in [-0.4, -0.2) is 31.0 Å². The molecular formula is C22H23ClN4OS2. The molecule has 0 spiro atoms. The summed E-state index contributed by atoms with van der Waals surface area (Å²) in [4.78, 5) is 21.2. The lowest BCUT2D eigenvalue weighted by Gasteiger charge is -2.41. The van der Waals surface area contributed by atoms with Crippen molar-refractivity contribution in [3.63, 3.8) is 0 Å². The zero-order valence-corrected chi connectivity index (χ0v) is 19.4. The number of nitrogens with two attached hydrogens (primary N) is 1. The Bertz CT molecular complexity index is 1080. The summed E-state index contributed by atoms with van der Waals surface area (Å²) in [5, 5.41) is 7.10. The van der Waals surface area contributed by atoms with Gasteiger partial charge in [-0.15, -0.1) is 0 Å². The van der Waals surface area contributed by atoms with E-state index in [1.54, 1.807) is 11.9 Å². The molecule has 1 aromatic heterocycles. The molecule has 1 amide bonds. The van der Waals surface area contributed by atoms with Crippen LogP contribution in [0.3, 0.4) is 0 Å². The van der Waals surface area contributed by atoms with E-state index in [2.05, 4.69) is 47.1 Å². The first-order chi connectivity index (χ1) is 14.4. The van der Waals surface area contributed by atoms with Gasteiger partial charge in [-0.25, -0.2) is 4.98 Å². The number of benzene rings is 2. The normalized spacial score (nSPS) is 14.0. The molecule has 156 valence electrons. The Morgan fingerprint density at radius 2 is 1.93 bits per heavy atom. The summed E-state index contributed by atoms with van der Waals surface area (Å²) in [6.07, 6.45) is 0. The molecule has 0 bridgehead atoms. The fourth-order valence-electron chi connectivity index (χ4n) is 3.55. The standard InChI is InChI=1S/C22H23ClN4OS2/c1-13-4-9-19(23)18(10-13)15-5-7-17(8-6-15)27-11-16(12-27)20(28)26(3)22-25-14(2)21(29-22)30-24/h4-10,16H,11-12,24H2,1-3H3. The molecule has 30 heavy (non-hydrogen) atoms. The van der Waals surface area contributed by atoms with Gasteiger partial charge >= 0.3 is 0 Å².